The largest absolute Gasteiger partial charge is 0.393 e. The van der Waals surface area contributed by atoms with E-state index < -0.39 is 36.6 Å². The van der Waals surface area contributed by atoms with Crippen molar-refractivity contribution in [3.8, 4) is 11.3 Å². The number of aliphatic hydroxyl groups is 3. The molecule has 12 heteroatoms. The minimum absolute atomic E-state index is 0.176. The Morgan fingerprint density at radius 3 is 2.71 bits per heavy atom. The predicted molar refractivity (Wildman–Crippen MR) is 107 cm³/mol. The first-order valence-corrected chi connectivity index (χ1v) is 9.94. The van der Waals surface area contributed by atoms with Crippen LogP contribution in [0.3, 0.4) is 0 Å². The maximum atomic E-state index is 12.6. The van der Waals surface area contributed by atoms with E-state index in [4.69, 9.17) is 10.5 Å². The lowest BCUT2D eigenvalue weighted by Crippen LogP contribution is -2.52. The minimum atomic E-state index is -1.44. The normalized spacial score (nSPS) is 30.5. The topological polar surface area (TPSA) is 174 Å². The Labute approximate surface area is 176 Å². The van der Waals surface area contributed by atoms with Crippen molar-refractivity contribution < 1.29 is 24.9 Å². The number of hydrogen-bond donors (Lipinski definition) is 5. The number of amides is 1. The Morgan fingerprint density at radius 1 is 1.26 bits per heavy atom. The zero-order valence-electron chi connectivity index (χ0n) is 16.7. The molecule has 0 bridgehead atoms. The Hall–Kier alpha value is -3.06. The van der Waals surface area contributed by atoms with E-state index in [0.717, 1.165) is 0 Å². The van der Waals surface area contributed by atoms with Crippen molar-refractivity contribution in [2.45, 2.75) is 49.5 Å². The summed E-state index contributed by atoms with van der Waals surface area (Å²) in [6.45, 7) is 0. The molecule has 4 heterocycles. The summed E-state index contributed by atoms with van der Waals surface area (Å²) < 4.78 is 8.97. The number of nitrogen functional groups attached to an aromatic ring is 1. The zero-order chi connectivity index (χ0) is 21.9. The minimum Gasteiger partial charge on any atom is -0.393 e. The van der Waals surface area contributed by atoms with Gasteiger partial charge in [-0.3, -0.25) is 9.48 Å². The molecule has 0 radical (unpaired) electrons. The van der Waals surface area contributed by atoms with E-state index in [9.17, 15) is 20.1 Å². The van der Waals surface area contributed by atoms with Gasteiger partial charge in [-0.05, 0) is 18.9 Å². The summed E-state index contributed by atoms with van der Waals surface area (Å²) in [6, 6.07) is 1.63. The second-order valence-corrected chi connectivity index (χ2v) is 8.04. The van der Waals surface area contributed by atoms with Crippen molar-refractivity contribution >= 4 is 22.8 Å². The second kappa shape index (κ2) is 7.27. The van der Waals surface area contributed by atoms with Crippen molar-refractivity contribution in [2.24, 2.45) is 7.05 Å². The van der Waals surface area contributed by atoms with Crippen LogP contribution < -0.4 is 11.1 Å². The maximum absolute atomic E-state index is 12.6. The van der Waals surface area contributed by atoms with E-state index >= 15 is 0 Å². The fraction of sp³-hybridized carbons (Fsp3) is 0.474. The number of aromatic nitrogens is 5. The number of fused-ring (bicyclic) bond motifs is 1. The number of aliphatic hydroxyl groups excluding tert-OH is 3. The van der Waals surface area contributed by atoms with Gasteiger partial charge in [-0.1, -0.05) is 0 Å². The average molecular weight is 429 g/mol. The number of rotatable bonds is 4. The van der Waals surface area contributed by atoms with E-state index in [-0.39, 0.29) is 11.9 Å². The number of nitrogens with zero attached hydrogens (tertiary/aromatic N) is 5. The molecule has 1 saturated carbocycles. The van der Waals surface area contributed by atoms with E-state index in [1.54, 1.807) is 30.2 Å². The van der Waals surface area contributed by atoms with Gasteiger partial charge in [0.2, 0.25) is 0 Å². The molecule has 2 fully saturated rings. The summed E-state index contributed by atoms with van der Waals surface area (Å²) in [7, 11) is 1.78. The van der Waals surface area contributed by atoms with Gasteiger partial charge in [0.25, 0.3) is 5.91 Å². The highest BCUT2D eigenvalue weighted by atomic mass is 16.6. The van der Waals surface area contributed by atoms with Crippen molar-refractivity contribution in [3.05, 3.63) is 24.8 Å². The highest BCUT2D eigenvalue weighted by Crippen LogP contribution is 2.38. The third-order valence-electron chi connectivity index (χ3n) is 5.86. The Kier molecular flexibility index (Phi) is 4.66. The van der Waals surface area contributed by atoms with Crippen molar-refractivity contribution in [1.29, 1.82) is 0 Å². The third-order valence-corrected chi connectivity index (χ3v) is 5.86. The maximum Gasteiger partial charge on any atom is 0.252 e. The number of carbonyl (C=O) groups excluding carboxylic acids is 1. The molecule has 12 nitrogen and oxygen atoms in total. The number of ether oxygens (including phenoxy) is 1. The molecule has 1 aliphatic carbocycles. The Bertz CT molecular complexity index is 1140. The molecule has 31 heavy (non-hydrogen) atoms. The van der Waals surface area contributed by atoms with Gasteiger partial charge in [-0.15, -0.1) is 0 Å². The zero-order valence-corrected chi connectivity index (χ0v) is 16.7. The number of nitrogens with two attached hydrogens (primary N) is 1. The first-order chi connectivity index (χ1) is 14.8. The summed E-state index contributed by atoms with van der Waals surface area (Å²) in [5.74, 6) is -0.309. The van der Waals surface area contributed by atoms with Gasteiger partial charge in [-0.2, -0.15) is 5.10 Å². The van der Waals surface area contributed by atoms with Gasteiger partial charge in [-0.25, -0.2) is 9.97 Å². The molecule has 0 spiro atoms. The van der Waals surface area contributed by atoms with Gasteiger partial charge in [0, 0.05) is 31.0 Å². The number of hydrogen-bond acceptors (Lipinski definition) is 9. The highest BCUT2D eigenvalue weighted by Gasteiger charge is 2.48. The first kappa shape index (κ1) is 19.9. The molecule has 6 N–H and O–H groups in total. The Morgan fingerprint density at radius 2 is 2.03 bits per heavy atom. The molecule has 1 saturated heterocycles. The standard InChI is InChI=1S/C19H23N7O5/c1-25-3-2-11(24-25)10-6-26(17-12(10)16(20)21-7-22-17)19-14(29)13(28)15(31-19)18(30)23-8-4-9(27)5-8/h2-3,6-9,13-15,19,27-29H,4-5H2,1H3,(H,23,30)(H2,20,21,22)/t8-,9+,13-,14+,15-,19+/m0/s1. The smallest absolute Gasteiger partial charge is 0.252 e. The summed E-state index contributed by atoms with van der Waals surface area (Å²) in [4.78, 5) is 20.9. The molecule has 3 aromatic rings. The summed E-state index contributed by atoms with van der Waals surface area (Å²) in [5, 5.41) is 38.2. The lowest BCUT2D eigenvalue weighted by Gasteiger charge is -2.32. The molecule has 1 aliphatic heterocycles. The van der Waals surface area contributed by atoms with Crippen molar-refractivity contribution in [1.82, 2.24) is 29.6 Å². The number of nitrogens with one attached hydrogen (secondary N) is 1. The van der Waals surface area contributed by atoms with Crippen LogP contribution in [-0.4, -0.2) is 76.0 Å². The van der Waals surface area contributed by atoms with Crippen molar-refractivity contribution in [3.63, 3.8) is 0 Å². The number of aryl methyl sites for hydroxylation is 1. The van der Waals surface area contributed by atoms with Gasteiger partial charge < -0.3 is 35.7 Å². The molecule has 0 unspecified atom stereocenters. The van der Waals surface area contributed by atoms with Crippen LogP contribution in [0.4, 0.5) is 5.82 Å². The molecule has 2 aliphatic rings. The van der Waals surface area contributed by atoms with Crippen LogP contribution in [0.25, 0.3) is 22.3 Å². The molecule has 4 atom stereocenters. The second-order valence-electron chi connectivity index (χ2n) is 8.04. The lowest BCUT2D eigenvalue weighted by molar-refractivity contribution is -0.139. The predicted octanol–water partition coefficient (Wildman–Crippen LogP) is -1.33. The van der Waals surface area contributed by atoms with E-state index in [1.807, 2.05) is 0 Å². The monoisotopic (exact) mass is 429 g/mol. The lowest BCUT2D eigenvalue weighted by atomic mass is 9.89. The molecule has 1 amide bonds. The van der Waals surface area contributed by atoms with Gasteiger partial charge in [0.1, 0.15) is 30.0 Å². The van der Waals surface area contributed by atoms with Crippen LogP contribution in [0.15, 0.2) is 24.8 Å². The average Bonchev–Trinajstić information content (AvgIpc) is 3.38. The third kappa shape index (κ3) is 3.24. The Balaban J connectivity index is 1.49. The van der Waals surface area contributed by atoms with E-state index in [0.29, 0.717) is 35.1 Å². The summed E-state index contributed by atoms with van der Waals surface area (Å²) in [5.41, 5.74) is 7.74. The van der Waals surface area contributed by atoms with Gasteiger partial charge in [0.05, 0.1) is 17.2 Å². The fourth-order valence-electron chi connectivity index (χ4n) is 4.15. The summed E-state index contributed by atoms with van der Waals surface area (Å²) in [6.07, 6.45) is 0.0384. The highest BCUT2D eigenvalue weighted by molar-refractivity contribution is 5.99. The number of anilines is 1. The molecular weight excluding hydrogens is 406 g/mol. The molecular formula is C19H23N7O5. The van der Waals surface area contributed by atoms with Crippen LogP contribution >= 0.6 is 0 Å². The quantitative estimate of drug-likeness (QED) is 0.337. The summed E-state index contributed by atoms with van der Waals surface area (Å²) >= 11 is 0. The molecule has 0 aromatic carbocycles. The first-order valence-electron chi connectivity index (χ1n) is 9.94. The van der Waals surface area contributed by atoms with Crippen molar-refractivity contribution in [2.75, 3.05) is 5.73 Å². The van der Waals surface area contributed by atoms with Crippen LogP contribution in [0, 0.1) is 0 Å². The van der Waals surface area contributed by atoms with E-state index in [2.05, 4.69) is 20.4 Å². The van der Waals surface area contributed by atoms with Crippen LogP contribution in [0.2, 0.25) is 0 Å². The number of carbonyl (C=O) groups is 1. The molecule has 5 rings (SSSR count). The van der Waals surface area contributed by atoms with Crippen LogP contribution in [0.1, 0.15) is 19.1 Å². The fourth-order valence-corrected chi connectivity index (χ4v) is 4.15. The molecule has 3 aromatic heterocycles. The molecule has 164 valence electrons. The van der Waals surface area contributed by atoms with Crippen LogP contribution in [0.5, 0.6) is 0 Å². The van der Waals surface area contributed by atoms with Gasteiger partial charge in [0.15, 0.2) is 12.3 Å². The van der Waals surface area contributed by atoms with Crippen LogP contribution in [-0.2, 0) is 16.6 Å². The van der Waals surface area contributed by atoms with E-state index in [1.165, 1.54) is 10.9 Å². The SMILES string of the molecule is Cn1ccc(-c2cn([C@@H]3O[C@H](C(=O)N[C@H]4C[C@@H](O)C4)[C@@H](O)[C@H]3O)c3ncnc(N)c23)n1. The van der Waals surface area contributed by atoms with Gasteiger partial charge >= 0.3 is 0 Å².